The Morgan fingerprint density at radius 1 is 0.952 bits per heavy atom. The lowest BCUT2D eigenvalue weighted by Crippen LogP contribution is -2.29. The van der Waals surface area contributed by atoms with Gasteiger partial charge in [-0.05, 0) is 37.9 Å². The van der Waals surface area contributed by atoms with Crippen LogP contribution in [0.15, 0.2) is 24.3 Å². The van der Waals surface area contributed by atoms with Gasteiger partial charge in [0, 0.05) is 6.04 Å². The highest BCUT2D eigenvalue weighted by molar-refractivity contribution is 5.18. The van der Waals surface area contributed by atoms with E-state index in [1.54, 1.807) is 12.1 Å². The van der Waals surface area contributed by atoms with Crippen LogP contribution in [-0.2, 0) is 6.42 Å². The Hall–Kier alpha value is -0.890. The second-order valence-corrected chi connectivity index (χ2v) is 6.13. The summed E-state index contributed by atoms with van der Waals surface area (Å²) in [6.45, 7) is 5.44. The minimum Gasteiger partial charge on any atom is -0.314 e. The summed E-state index contributed by atoms with van der Waals surface area (Å²) in [4.78, 5) is 0. The fourth-order valence-electron chi connectivity index (χ4n) is 2.67. The van der Waals surface area contributed by atoms with Crippen LogP contribution in [0.2, 0.25) is 0 Å². The molecular formula is C19H32FN. The first-order chi connectivity index (χ1) is 10.2. The lowest BCUT2D eigenvalue weighted by atomic mass is 10.1. The molecule has 2 heteroatoms. The summed E-state index contributed by atoms with van der Waals surface area (Å²) in [5, 5.41) is 3.50. The van der Waals surface area contributed by atoms with Gasteiger partial charge in [-0.15, -0.1) is 0 Å². The molecule has 1 unspecified atom stereocenters. The maximum atomic E-state index is 13.5. The third kappa shape index (κ3) is 8.87. The molecule has 1 nitrogen and oxygen atoms in total. The zero-order chi connectivity index (χ0) is 15.3. The molecule has 0 fully saturated rings. The number of hydrogen-bond acceptors (Lipinski definition) is 1. The average molecular weight is 293 g/mol. The molecule has 0 saturated heterocycles. The van der Waals surface area contributed by atoms with Crippen molar-refractivity contribution in [2.24, 2.45) is 0 Å². The Balaban J connectivity index is 1.99. The topological polar surface area (TPSA) is 12.0 Å². The van der Waals surface area contributed by atoms with Crippen LogP contribution >= 0.6 is 0 Å². The van der Waals surface area contributed by atoms with E-state index < -0.39 is 0 Å². The second kappa shape index (κ2) is 11.7. The van der Waals surface area contributed by atoms with E-state index in [0.29, 0.717) is 6.04 Å². The monoisotopic (exact) mass is 293 g/mol. The number of halogens is 1. The van der Waals surface area contributed by atoms with Gasteiger partial charge in [0.1, 0.15) is 5.82 Å². The molecule has 0 aromatic heterocycles. The van der Waals surface area contributed by atoms with Crippen molar-refractivity contribution in [2.45, 2.75) is 77.7 Å². The molecule has 0 radical (unpaired) electrons. The zero-order valence-corrected chi connectivity index (χ0v) is 13.8. The minimum absolute atomic E-state index is 0.0850. The quantitative estimate of drug-likeness (QED) is 0.503. The normalized spacial score (nSPS) is 12.5. The highest BCUT2D eigenvalue weighted by atomic mass is 19.1. The van der Waals surface area contributed by atoms with Crippen molar-refractivity contribution in [2.75, 3.05) is 6.54 Å². The summed E-state index contributed by atoms with van der Waals surface area (Å²) in [6.07, 6.45) is 11.5. The molecule has 0 heterocycles. The van der Waals surface area contributed by atoms with Crippen LogP contribution in [0.25, 0.3) is 0 Å². The largest absolute Gasteiger partial charge is 0.314 e. The lowest BCUT2D eigenvalue weighted by molar-refractivity contribution is 0.499. The van der Waals surface area contributed by atoms with Gasteiger partial charge in [-0.1, -0.05) is 70.1 Å². The Morgan fingerprint density at radius 3 is 2.24 bits per heavy atom. The van der Waals surface area contributed by atoms with Gasteiger partial charge in [-0.25, -0.2) is 4.39 Å². The summed E-state index contributed by atoms with van der Waals surface area (Å²) in [5.74, 6) is -0.0850. The van der Waals surface area contributed by atoms with E-state index in [-0.39, 0.29) is 5.82 Å². The van der Waals surface area contributed by atoms with Gasteiger partial charge >= 0.3 is 0 Å². The summed E-state index contributed by atoms with van der Waals surface area (Å²) in [7, 11) is 0. The molecule has 1 aromatic rings. The van der Waals surface area contributed by atoms with Crippen LogP contribution < -0.4 is 5.32 Å². The maximum absolute atomic E-state index is 13.5. The van der Waals surface area contributed by atoms with E-state index in [0.717, 1.165) is 18.5 Å². The average Bonchev–Trinajstić information content (AvgIpc) is 2.48. The third-order valence-corrected chi connectivity index (χ3v) is 4.01. The third-order valence-electron chi connectivity index (χ3n) is 4.01. The van der Waals surface area contributed by atoms with Crippen molar-refractivity contribution in [1.29, 1.82) is 0 Å². The number of rotatable bonds is 12. The van der Waals surface area contributed by atoms with Gasteiger partial charge in [0.05, 0.1) is 0 Å². The van der Waals surface area contributed by atoms with Crippen molar-refractivity contribution >= 4 is 0 Å². The van der Waals surface area contributed by atoms with Gasteiger partial charge in [0.2, 0.25) is 0 Å². The van der Waals surface area contributed by atoms with Gasteiger partial charge in [-0.3, -0.25) is 0 Å². The Morgan fingerprint density at radius 2 is 1.57 bits per heavy atom. The molecule has 1 N–H and O–H groups in total. The molecule has 0 aliphatic heterocycles. The van der Waals surface area contributed by atoms with Crippen LogP contribution in [-0.4, -0.2) is 12.6 Å². The Labute approximate surface area is 130 Å². The van der Waals surface area contributed by atoms with E-state index in [4.69, 9.17) is 0 Å². The van der Waals surface area contributed by atoms with Gasteiger partial charge < -0.3 is 5.32 Å². The van der Waals surface area contributed by atoms with Crippen molar-refractivity contribution in [3.05, 3.63) is 35.6 Å². The van der Waals surface area contributed by atoms with E-state index in [2.05, 4.69) is 19.2 Å². The zero-order valence-electron chi connectivity index (χ0n) is 13.8. The fraction of sp³-hybridized carbons (Fsp3) is 0.684. The van der Waals surface area contributed by atoms with Gasteiger partial charge in [-0.2, -0.15) is 0 Å². The van der Waals surface area contributed by atoms with E-state index in [9.17, 15) is 4.39 Å². The Kier molecular flexibility index (Phi) is 10.1. The molecule has 0 aliphatic rings. The molecule has 1 rings (SSSR count). The maximum Gasteiger partial charge on any atom is 0.126 e. The molecular weight excluding hydrogens is 261 g/mol. The molecule has 0 bridgehead atoms. The molecule has 0 amide bonds. The highest BCUT2D eigenvalue weighted by Gasteiger charge is 2.06. The molecule has 0 aliphatic carbocycles. The SMILES string of the molecule is CCCCCCCCCCNC(C)Cc1ccccc1F. The molecule has 120 valence electrons. The fourth-order valence-corrected chi connectivity index (χ4v) is 2.67. The van der Waals surface area contributed by atoms with Crippen molar-refractivity contribution < 1.29 is 4.39 Å². The predicted octanol–water partition coefficient (Wildman–Crippen LogP) is 5.49. The highest BCUT2D eigenvalue weighted by Crippen LogP contribution is 2.10. The first-order valence-electron chi connectivity index (χ1n) is 8.70. The van der Waals surface area contributed by atoms with Crippen LogP contribution in [0, 0.1) is 5.82 Å². The van der Waals surface area contributed by atoms with Crippen LogP contribution in [0.3, 0.4) is 0 Å². The van der Waals surface area contributed by atoms with Crippen LogP contribution in [0.1, 0.15) is 70.8 Å². The van der Waals surface area contributed by atoms with Gasteiger partial charge in [0.25, 0.3) is 0 Å². The smallest absolute Gasteiger partial charge is 0.126 e. The molecule has 21 heavy (non-hydrogen) atoms. The Bertz CT molecular complexity index is 364. The van der Waals surface area contributed by atoms with Crippen LogP contribution in [0.5, 0.6) is 0 Å². The number of hydrogen-bond donors (Lipinski definition) is 1. The van der Waals surface area contributed by atoms with Crippen LogP contribution in [0.4, 0.5) is 4.39 Å². The molecule has 0 saturated carbocycles. The van der Waals surface area contributed by atoms with E-state index in [1.807, 2.05) is 12.1 Å². The summed E-state index contributed by atoms with van der Waals surface area (Å²) >= 11 is 0. The van der Waals surface area contributed by atoms with Crippen molar-refractivity contribution in [3.63, 3.8) is 0 Å². The second-order valence-electron chi connectivity index (χ2n) is 6.13. The minimum atomic E-state index is -0.0850. The number of nitrogens with one attached hydrogen (secondary N) is 1. The summed E-state index contributed by atoms with van der Waals surface area (Å²) in [5.41, 5.74) is 0.813. The first kappa shape index (κ1) is 18.2. The summed E-state index contributed by atoms with van der Waals surface area (Å²) < 4.78 is 13.5. The number of unbranched alkanes of at least 4 members (excludes halogenated alkanes) is 7. The van der Waals surface area contributed by atoms with Crippen molar-refractivity contribution in [3.8, 4) is 0 Å². The molecule has 0 spiro atoms. The first-order valence-corrected chi connectivity index (χ1v) is 8.70. The van der Waals surface area contributed by atoms with E-state index in [1.165, 1.54) is 51.4 Å². The standard InChI is InChI=1S/C19H32FN/c1-3-4-5-6-7-8-9-12-15-21-17(2)16-18-13-10-11-14-19(18)20/h10-11,13-14,17,21H,3-9,12,15-16H2,1-2H3. The summed E-state index contributed by atoms with van der Waals surface area (Å²) in [6, 6.07) is 7.41. The van der Waals surface area contributed by atoms with Crippen molar-refractivity contribution in [1.82, 2.24) is 5.32 Å². The molecule has 1 atom stereocenters. The number of benzene rings is 1. The predicted molar refractivity (Wildman–Crippen MR) is 90.2 cm³/mol. The lowest BCUT2D eigenvalue weighted by Gasteiger charge is -2.14. The molecule has 1 aromatic carbocycles. The van der Waals surface area contributed by atoms with Gasteiger partial charge in [0.15, 0.2) is 0 Å². The van der Waals surface area contributed by atoms with E-state index >= 15 is 0 Å².